The fourth-order valence-electron chi connectivity index (χ4n) is 3.57. The average Bonchev–Trinajstić information content (AvgIpc) is 2.58. The van der Waals surface area contributed by atoms with Gasteiger partial charge in [-0.2, -0.15) is 0 Å². The van der Waals surface area contributed by atoms with Gasteiger partial charge in [0.25, 0.3) is 0 Å². The molecule has 0 fully saturated rings. The molecule has 1 aromatic carbocycles. The Morgan fingerprint density at radius 2 is 1.71 bits per heavy atom. The first-order valence-corrected chi connectivity index (χ1v) is 9.60. The summed E-state index contributed by atoms with van der Waals surface area (Å²) in [4.78, 5) is 2.98. The largest absolute Gasteiger partial charge is 0.366 e. The molecule has 116 valence electrons. The first kappa shape index (κ1) is 14.9. The van der Waals surface area contributed by atoms with Crippen molar-refractivity contribution < 1.29 is 8.42 Å². The van der Waals surface area contributed by atoms with Gasteiger partial charge < -0.3 is 4.90 Å². The molecule has 0 atom stereocenters. The molecule has 0 saturated heterocycles. The molecule has 3 nitrogen and oxygen atoms in total. The van der Waals surface area contributed by atoms with E-state index in [1.54, 1.807) is 0 Å². The molecule has 0 bridgehead atoms. The molecule has 2 aliphatic rings. The molecular weight excluding hydrogens is 282 g/mol. The third kappa shape index (κ3) is 2.70. The second kappa shape index (κ2) is 5.01. The van der Waals surface area contributed by atoms with Crippen molar-refractivity contribution in [1.82, 2.24) is 0 Å². The molecule has 0 spiro atoms. The maximum absolute atomic E-state index is 12.4. The zero-order valence-electron chi connectivity index (χ0n) is 13.3. The van der Waals surface area contributed by atoms with Gasteiger partial charge in [-0.3, -0.25) is 0 Å². The van der Waals surface area contributed by atoms with Crippen molar-refractivity contribution in [3.8, 4) is 0 Å². The Hall–Kier alpha value is -1.03. The molecule has 0 saturated carbocycles. The van der Waals surface area contributed by atoms with E-state index in [0.29, 0.717) is 10.6 Å². The monoisotopic (exact) mass is 307 g/mol. The minimum atomic E-state index is -3.08. The Labute approximate surface area is 128 Å². The van der Waals surface area contributed by atoms with E-state index in [1.165, 1.54) is 18.4 Å². The van der Waals surface area contributed by atoms with Gasteiger partial charge >= 0.3 is 0 Å². The normalized spacial score (nSPS) is 21.4. The maximum Gasteiger partial charge on any atom is 0.178 e. The first-order chi connectivity index (χ1) is 9.79. The lowest BCUT2D eigenvalue weighted by Gasteiger charge is -2.38. The lowest BCUT2D eigenvalue weighted by molar-refractivity contribution is 0.498. The van der Waals surface area contributed by atoms with Gasteiger partial charge in [0.2, 0.25) is 0 Å². The molecule has 0 aromatic heterocycles. The Kier molecular flexibility index (Phi) is 3.55. The van der Waals surface area contributed by atoms with Crippen LogP contribution in [0.1, 0.15) is 51.2 Å². The first-order valence-electron chi connectivity index (χ1n) is 7.95. The van der Waals surface area contributed by atoms with Gasteiger partial charge in [-0.05, 0) is 70.1 Å². The molecule has 0 aliphatic carbocycles. The molecule has 0 amide bonds. The number of fused-ring (bicyclic) bond motifs is 2. The number of rotatable bonds is 0. The number of aryl methyl sites for hydroxylation is 2. The summed E-state index contributed by atoms with van der Waals surface area (Å²) in [6, 6.07) is 4.14. The van der Waals surface area contributed by atoms with Crippen LogP contribution in [0.5, 0.6) is 0 Å². The fraction of sp³-hybridized carbons (Fsp3) is 0.647. The summed E-state index contributed by atoms with van der Waals surface area (Å²) >= 11 is 0. The summed E-state index contributed by atoms with van der Waals surface area (Å²) in [5.41, 5.74) is 3.53. The van der Waals surface area contributed by atoms with Crippen molar-refractivity contribution in [2.24, 2.45) is 0 Å². The Bertz CT molecular complexity index is 656. The standard InChI is InChI=1S/C17H25NO2S/c1-17(2,3)18-9-5-4-7-13-11-14-8-6-10-21(19,20)16(14)12-15(13)18/h11-12H,4-10H2,1-3H3. The molecule has 4 heteroatoms. The van der Waals surface area contributed by atoms with Gasteiger partial charge in [-0.15, -0.1) is 0 Å². The molecule has 0 N–H and O–H groups in total. The highest BCUT2D eigenvalue weighted by Gasteiger charge is 2.30. The fourth-order valence-corrected chi connectivity index (χ4v) is 5.16. The number of hydrogen-bond donors (Lipinski definition) is 0. The van der Waals surface area contributed by atoms with Gasteiger partial charge in [0.1, 0.15) is 0 Å². The van der Waals surface area contributed by atoms with E-state index in [-0.39, 0.29) is 5.54 Å². The number of benzene rings is 1. The van der Waals surface area contributed by atoms with Crippen molar-refractivity contribution >= 4 is 15.5 Å². The van der Waals surface area contributed by atoms with Crippen LogP contribution in [0.4, 0.5) is 5.69 Å². The topological polar surface area (TPSA) is 37.4 Å². The van der Waals surface area contributed by atoms with Crippen LogP contribution in [0.25, 0.3) is 0 Å². The molecular formula is C17H25NO2S. The van der Waals surface area contributed by atoms with E-state index >= 15 is 0 Å². The third-order valence-corrected chi connectivity index (χ3v) is 6.51. The number of hydrogen-bond acceptors (Lipinski definition) is 3. The number of anilines is 1. The minimum Gasteiger partial charge on any atom is -0.366 e. The van der Waals surface area contributed by atoms with Gasteiger partial charge in [0.05, 0.1) is 10.6 Å². The van der Waals surface area contributed by atoms with Crippen LogP contribution >= 0.6 is 0 Å². The van der Waals surface area contributed by atoms with E-state index in [4.69, 9.17) is 0 Å². The third-order valence-electron chi connectivity index (χ3n) is 4.63. The minimum absolute atomic E-state index is 0.0196. The lowest BCUT2D eigenvalue weighted by Crippen LogP contribution is -2.42. The highest BCUT2D eigenvalue weighted by molar-refractivity contribution is 7.91. The second-order valence-corrected chi connectivity index (χ2v) is 9.37. The highest BCUT2D eigenvalue weighted by atomic mass is 32.2. The average molecular weight is 307 g/mol. The maximum atomic E-state index is 12.4. The van der Waals surface area contributed by atoms with Gasteiger partial charge in [0, 0.05) is 17.8 Å². The van der Waals surface area contributed by atoms with Crippen molar-refractivity contribution in [2.75, 3.05) is 17.2 Å². The summed E-state index contributed by atoms with van der Waals surface area (Å²) < 4.78 is 24.8. The lowest BCUT2D eigenvalue weighted by atomic mass is 9.99. The van der Waals surface area contributed by atoms with Crippen LogP contribution in [-0.2, 0) is 22.7 Å². The van der Waals surface area contributed by atoms with E-state index < -0.39 is 9.84 Å². The second-order valence-electron chi connectivity index (χ2n) is 7.29. The Morgan fingerprint density at radius 3 is 2.43 bits per heavy atom. The molecule has 21 heavy (non-hydrogen) atoms. The number of nitrogens with zero attached hydrogens (tertiary/aromatic N) is 1. The summed E-state index contributed by atoms with van der Waals surface area (Å²) in [5.74, 6) is 0.300. The van der Waals surface area contributed by atoms with Crippen LogP contribution in [0.3, 0.4) is 0 Å². The predicted molar refractivity (Wildman–Crippen MR) is 86.9 cm³/mol. The summed E-state index contributed by atoms with van der Waals surface area (Å²) in [6.45, 7) is 7.62. The highest BCUT2D eigenvalue weighted by Crippen LogP contribution is 2.37. The van der Waals surface area contributed by atoms with E-state index in [0.717, 1.165) is 37.1 Å². The van der Waals surface area contributed by atoms with Crippen LogP contribution in [-0.4, -0.2) is 26.3 Å². The molecule has 0 unspecified atom stereocenters. The van der Waals surface area contributed by atoms with Crippen LogP contribution in [0, 0.1) is 0 Å². The van der Waals surface area contributed by atoms with Crippen molar-refractivity contribution in [2.45, 2.75) is 63.3 Å². The summed E-state index contributed by atoms with van der Waals surface area (Å²) in [5, 5.41) is 0. The molecule has 3 rings (SSSR count). The van der Waals surface area contributed by atoms with E-state index in [9.17, 15) is 8.42 Å². The van der Waals surface area contributed by atoms with Gasteiger partial charge in [-0.1, -0.05) is 6.07 Å². The zero-order chi connectivity index (χ0) is 15.3. The van der Waals surface area contributed by atoms with Crippen LogP contribution in [0.15, 0.2) is 17.0 Å². The zero-order valence-corrected chi connectivity index (χ0v) is 14.1. The van der Waals surface area contributed by atoms with E-state index in [1.807, 2.05) is 6.07 Å². The number of sulfone groups is 1. The Balaban J connectivity index is 2.19. The van der Waals surface area contributed by atoms with Crippen LogP contribution < -0.4 is 4.90 Å². The van der Waals surface area contributed by atoms with Crippen molar-refractivity contribution in [3.63, 3.8) is 0 Å². The molecule has 2 aliphatic heterocycles. The van der Waals surface area contributed by atoms with Gasteiger partial charge in [0.15, 0.2) is 9.84 Å². The molecule has 1 aromatic rings. The predicted octanol–water partition coefficient (Wildman–Crippen LogP) is 3.35. The summed E-state index contributed by atoms with van der Waals surface area (Å²) in [7, 11) is -3.08. The SMILES string of the molecule is CC(C)(C)N1CCCCc2cc3c(cc21)S(=O)(=O)CCC3. The van der Waals surface area contributed by atoms with Crippen LogP contribution in [0.2, 0.25) is 0 Å². The van der Waals surface area contributed by atoms with Crippen molar-refractivity contribution in [3.05, 3.63) is 23.3 Å². The van der Waals surface area contributed by atoms with Crippen molar-refractivity contribution in [1.29, 1.82) is 0 Å². The van der Waals surface area contributed by atoms with Gasteiger partial charge in [-0.25, -0.2) is 8.42 Å². The molecule has 2 heterocycles. The molecule has 0 radical (unpaired) electrons. The van der Waals surface area contributed by atoms with E-state index in [2.05, 4.69) is 31.7 Å². The quantitative estimate of drug-likeness (QED) is 0.737. The smallest absolute Gasteiger partial charge is 0.178 e. The Morgan fingerprint density at radius 1 is 1.00 bits per heavy atom. The summed E-state index contributed by atoms with van der Waals surface area (Å²) in [6.07, 6.45) is 5.08.